The van der Waals surface area contributed by atoms with E-state index in [-0.39, 0.29) is 13.1 Å². The molecule has 0 radical (unpaired) electrons. The number of hydrogen-bond donors (Lipinski definition) is 1. The second kappa shape index (κ2) is 4.97. The monoisotopic (exact) mass is 219 g/mol. The molecule has 0 unspecified atom stereocenters. The Balaban J connectivity index is 2.75. The predicted molar refractivity (Wildman–Crippen MR) is 51.6 cm³/mol. The van der Waals surface area contributed by atoms with E-state index in [1.807, 2.05) is 0 Å². The van der Waals surface area contributed by atoms with Gasteiger partial charge in [-0.25, -0.2) is 0 Å². The van der Waals surface area contributed by atoms with Gasteiger partial charge in [0.15, 0.2) is 0 Å². The minimum atomic E-state index is -4.22. The van der Waals surface area contributed by atoms with Crippen molar-refractivity contribution in [1.82, 2.24) is 4.98 Å². The fourth-order valence-corrected chi connectivity index (χ4v) is 1.23. The van der Waals surface area contributed by atoms with Crippen molar-refractivity contribution >= 4 is 5.69 Å². The highest BCUT2D eigenvalue weighted by molar-refractivity contribution is 5.44. The maximum Gasteiger partial charge on any atom is 0.405 e. The van der Waals surface area contributed by atoms with Gasteiger partial charge in [-0.3, -0.25) is 4.98 Å². The molecule has 84 valence electrons. The van der Waals surface area contributed by atoms with Crippen molar-refractivity contribution in [2.75, 3.05) is 24.5 Å². The molecule has 0 amide bonds. The molecule has 0 aliphatic heterocycles. The average Bonchev–Trinajstić information content (AvgIpc) is 2.17. The second-order valence-electron chi connectivity index (χ2n) is 3.03. The van der Waals surface area contributed by atoms with Crippen molar-refractivity contribution in [2.24, 2.45) is 5.73 Å². The first-order valence-electron chi connectivity index (χ1n) is 4.45. The molecule has 0 fully saturated rings. The van der Waals surface area contributed by atoms with Crippen LogP contribution in [-0.4, -0.2) is 30.8 Å². The molecule has 1 rings (SSSR count). The zero-order chi connectivity index (χ0) is 11.3. The fourth-order valence-electron chi connectivity index (χ4n) is 1.23. The lowest BCUT2D eigenvalue weighted by atomic mass is 10.3. The summed E-state index contributed by atoms with van der Waals surface area (Å²) in [6.07, 6.45) is -1.32. The number of rotatable bonds is 4. The van der Waals surface area contributed by atoms with Crippen molar-refractivity contribution in [1.29, 1.82) is 0 Å². The summed E-state index contributed by atoms with van der Waals surface area (Å²) in [5.41, 5.74) is 5.74. The second-order valence-corrected chi connectivity index (χ2v) is 3.03. The van der Waals surface area contributed by atoms with E-state index in [2.05, 4.69) is 4.98 Å². The molecule has 0 bridgehead atoms. The van der Waals surface area contributed by atoms with Crippen LogP contribution in [0.15, 0.2) is 24.5 Å². The first-order chi connectivity index (χ1) is 7.03. The van der Waals surface area contributed by atoms with E-state index in [1.54, 1.807) is 0 Å². The average molecular weight is 219 g/mol. The Morgan fingerprint density at radius 3 is 2.33 bits per heavy atom. The quantitative estimate of drug-likeness (QED) is 0.832. The van der Waals surface area contributed by atoms with Crippen molar-refractivity contribution in [3.8, 4) is 0 Å². The molecule has 0 aliphatic rings. The third-order valence-corrected chi connectivity index (χ3v) is 1.80. The van der Waals surface area contributed by atoms with Crippen molar-refractivity contribution in [3.63, 3.8) is 0 Å². The molecule has 0 atom stereocenters. The SMILES string of the molecule is NCCN(CC(F)(F)F)c1ccncc1. The Morgan fingerprint density at radius 2 is 1.87 bits per heavy atom. The molecular weight excluding hydrogens is 207 g/mol. The summed E-state index contributed by atoms with van der Waals surface area (Å²) in [7, 11) is 0. The number of hydrogen-bond acceptors (Lipinski definition) is 3. The van der Waals surface area contributed by atoms with Crippen LogP contribution in [0.25, 0.3) is 0 Å². The van der Waals surface area contributed by atoms with Crippen LogP contribution in [0.1, 0.15) is 0 Å². The zero-order valence-corrected chi connectivity index (χ0v) is 8.04. The number of pyridine rings is 1. The number of alkyl halides is 3. The Hall–Kier alpha value is -1.30. The van der Waals surface area contributed by atoms with Crippen molar-refractivity contribution in [2.45, 2.75) is 6.18 Å². The minimum Gasteiger partial charge on any atom is -0.361 e. The summed E-state index contributed by atoms with van der Waals surface area (Å²) in [5, 5.41) is 0. The molecule has 0 aromatic carbocycles. The number of anilines is 1. The van der Waals surface area contributed by atoms with E-state index >= 15 is 0 Å². The van der Waals surface area contributed by atoms with E-state index in [4.69, 9.17) is 5.73 Å². The van der Waals surface area contributed by atoms with Gasteiger partial charge in [-0.15, -0.1) is 0 Å². The van der Waals surface area contributed by atoms with Crippen molar-refractivity contribution in [3.05, 3.63) is 24.5 Å². The van der Waals surface area contributed by atoms with Gasteiger partial charge in [0.25, 0.3) is 0 Å². The number of halogens is 3. The van der Waals surface area contributed by atoms with E-state index in [0.29, 0.717) is 5.69 Å². The highest BCUT2D eigenvalue weighted by Crippen LogP contribution is 2.20. The maximum atomic E-state index is 12.2. The van der Waals surface area contributed by atoms with Crippen LogP contribution in [0, 0.1) is 0 Å². The van der Waals surface area contributed by atoms with Crippen LogP contribution in [0.5, 0.6) is 0 Å². The number of nitrogens with two attached hydrogens (primary N) is 1. The molecule has 2 N–H and O–H groups in total. The molecular formula is C9H12F3N3. The van der Waals surface area contributed by atoms with Gasteiger partial charge in [-0.1, -0.05) is 0 Å². The highest BCUT2D eigenvalue weighted by Gasteiger charge is 2.30. The summed E-state index contributed by atoms with van der Waals surface area (Å²) < 4.78 is 36.6. The lowest BCUT2D eigenvalue weighted by molar-refractivity contribution is -0.119. The lowest BCUT2D eigenvalue weighted by Gasteiger charge is -2.25. The molecule has 0 saturated heterocycles. The summed E-state index contributed by atoms with van der Waals surface area (Å²) in [6.45, 7) is -0.643. The highest BCUT2D eigenvalue weighted by atomic mass is 19.4. The fraction of sp³-hybridized carbons (Fsp3) is 0.444. The summed E-state index contributed by atoms with van der Waals surface area (Å²) in [6, 6.07) is 3.06. The largest absolute Gasteiger partial charge is 0.405 e. The molecule has 1 heterocycles. The Morgan fingerprint density at radius 1 is 1.27 bits per heavy atom. The first kappa shape index (κ1) is 11.8. The van der Waals surface area contributed by atoms with Crippen LogP contribution in [-0.2, 0) is 0 Å². The molecule has 0 aliphatic carbocycles. The van der Waals surface area contributed by atoms with Crippen LogP contribution in [0.3, 0.4) is 0 Å². The molecule has 1 aromatic rings. The van der Waals surface area contributed by atoms with Crippen LogP contribution in [0.4, 0.5) is 18.9 Å². The van der Waals surface area contributed by atoms with Gasteiger partial charge in [0.2, 0.25) is 0 Å². The third kappa shape index (κ3) is 4.16. The third-order valence-electron chi connectivity index (χ3n) is 1.80. The molecule has 0 spiro atoms. The van der Waals surface area contributed by atoms with Gasteiger partial charge >= 0.3 is 6.18 Å². The van der Waals surface area contributed by atoms with E-state index in [0.717, 1.165) is 0 Å². The van der Waals surface area contributed by atoms with E-state index in [9.17, 15) is 13.2 Å². The standard InChI is InChI=1S/C9H12F3N3/c10-9(11,12)7-15(6-3-13)8-1-4-14-5-2-8/h1-2,4-5H,3,6-7,13H2. The summed E-state index contributed by atoms with van der Waals surface area (Å²) in [4.78, 5) is 4.93. The minimum absolute atomic E-state index is 0.170. The van der Waals surface area contributed by atoms with Gasteiger partial charge in [0.1, 0.15) is 6.54 Å². The molecule has 6 heteroatoms. The predicted octanol–water partition coefficient (Wildman–Crippen LogP) is 1.41. The Bertz CT molecular complexity index is 286. The van der Waals surface area contributed by atoms with Gasteiger partial charge in [0, 0.05) is 31.2 Å². The number of aromatic nitrogens is 1. The van der Waals surface area contributed by atoms with Crippen LogP contribution >= 0.6 is 0 Å². The van der Waals surface area contributed by atoms with Gasteiger partial charge in [-0.05, 0) is 12.1 Å². The maximum absolute atomic E-state index is 12.2. The summed E-state index contributed by atoms with van der Waals surface area (Å²) >= 11 is 0. The topological polar surface area (TPSA) is 42.1 Å². The molecule has 1 aromatic heterocycles. The van der Waals surface area contributed by atoms with E-state index in [1.165, 1.54) is 29.4 Å². The lowest BCUT2D eigenvalue weighted by Crippen LogP contribution is -2.37. The number of nitrogens with zero attached hydrogens (tertiary/aromatic N) is 2. The Kier molecular flexibility index (Phi) is 3.90. The zero-order valence-electron chi connectivity index (χ0n) is 8.04. The van der Waals surface area contributed by atoms with Crippen LogP contribution < -0.4 is 10.6 Å². The normalized spacial score (nSPS) is 11.5. The van der Waals surface area contributed by atoms with Gasteiger partial charge in [0.05, 0.1) is 0 Å². The molecule has 15 heavy (non-hydrogen) atoms. The van der Waals surface area contributed by atoms with Crippen molar-refractivity contribution < 1.29 is 13.2 Å². The Labute approximate surface area is 85.7 Å². The van der Waals surface area contributed by atoms with E-state index < -0.39 is 12.7 Å². The molecule has 0 saturated carbocycles. The first-order valence-corrected chi connectivity index (χ1v) is 4.45. The van der Waals surface area contributed by atoms with Crippen LogP contribution in [0.2, 0.25) is 0 Å². The smallest absolute Gasteiger partial charge is 0.361 e. The summed E-state index contributed by atoms with van der Waals surface area (Å²) in [5.74, 6) is 0. The molecule has 3 nitrogen and oxygen atoms in total. The van der Waals surface area contributed by atoms with Gasteiger partial charge in [-0.2, -0.15) is 13.2 Å². The van der Waals surface area contributed by atoms with Gasteiger partial charge < -0.3 is 10.6 Å².